The van der Waals surface area contributed by atoms with Gasteiger partial charge in [-0.2, -0.15) is 0 Å². The summed E-state index contributed by atoms with van der Waals surface area (Å²) in [4.78, 5) is 39.1. The number of hydrogen-bond donors (Lipinski definition) is 4. The summed E-state index contributed by atoms with van der Waals surface area (Å²) in [5.74, 6) is 0.459. The molecular formula is C19H23NO10P2. The lowest BCUT2D eigenvalue weighted by atomic mass is 9.83. The van der Waals surface area contributed by atoms with Gasteiger partial charge >= 0.3 is 15.6 Å². The molecule has 11 nitrogen and oxygen atoms in total. The molecule has 174 valence electrons. The third kappa shape index (κ3) is 4.65. The van der Waals surface area contributed by atoms with Crippen LogP contribution >= 0.6 is 15.6 Å². The molecule has 2 aromatic rings. The highest BCUT2D eigenvalue weighted by Gasteiger charge is 2.36. The molecule has 4 rings (SSSR count). The fraction of sp³-hybridized carbons (Fsp3) is 0.368. The Labute approximate surface area is 184 Å². The summed E-state index contributed by atoms with van der Waals surface area (Å²) >= 11 is 0. The summed E-state index contributed by atoms with van der Waals surface area (Å²) in [7, 11) is -6.70. The van der Waals surface area contributed by atoms with Gasteiger partial charge in [-0.05, 0) is 47.7 Å². The molecule has 0 aromatic heterocycles. The molecule has 13 heteroatoms. The van der Waals surface area contributed by atoms with Crippen LogP contribution in [0.2, 0.25) is 0 Å². The van der Waals surface area contributed by atoms with E-state index in [0.29, 0.717) is 25.9 Å². The summed E-state index contributed by atoms with van der Waals surface area (Å²) < 4.78 is 43.0. The highest BCUT2D eigenvalue weighted by molar-refractivity contribution is 7.47. The van der Waals surface area contributed by atoms with Gasteiger partial charge in [0.15, 0.2) is 23.0 Å². The largest absolute Gasteiger partial charge is 0.524 e. The van der Waals surface area contributed by atoms with Crippen LogP contribution in [0.5, 0.6) is 23.0 Å². The standard InChI is InChI=1S/C19H23NO10P2/c1-27-17-8-12-5-6-20-10-14-11(3-4-16(19(14)28-2)29-31(21,22)23)7-15(20)13(12)9-18(17)30-32(24,25)26/h3-4,8-9,15H,5-7,10H2,1-2H3,(H2,21,22,23)(H2,24,25,26)/t15-/m0/s1. The molecule has 4 N–H and O–H groups in total. The molecule has 2 aliphatic heterocycles. The van der Waals surface area contributed by atoms with Crippen molar-refractivity contribution in [3.8, 4) is 23.0 Å². The summed E-state index contributed by atoms with van der Waals surface area (Å²) in [6, 6.07) is 6.47. The molecule has 0 spiro atoms. The number of phosphoric acid groups is 2. The van der Waals surface area contributed by atoms with Crippen LogP contribution in [0, 0.1) is 0 Å². The molecule has 0 radical (unpaired) electrons. The predicted octanol–water partition coefficient (Wildman–Crippen LogP) is 2.30. The number of phosphoric ester groups is 2. The number of nitrogens with zero attached hydrogens (tertiary/aromatic N) is 1. The van der Waals surface area contributed by atoms with E-state index < -0.39 is 15.6 Å². The van der Waals surface area contributed by atoms with Gasteiger partial charge in [0.25, 0.3) is 0 Å². The molecule has 2 aromatic carbocycles. The maximum absolute atomic E-state index is 11.4. The second-order valence-corrected chi connectivity index (χ2v) is 9.87. The summed E-state index contributed by atoms with van der Waals surface area (Å²) in [6.45, 7) is 1.15. The van der Waals surface area contributed by atoms with Crippen LogP contribution in [0.15, 0.2) is 24.3 Å². The van der Waals surface area contributed by atoms with E-state index >= 15 is 0 Å². The minimum absolute atomic E-state index is 0.0301. The predicted molar refractivity (Wildman–Crippen MR) is 112 cm³/mol. The van der Waals surface area contributed by atoms with E-state index in [-0.39, 0.29) is 29.0 Å². The fourth-order valence-electron chi connectivity index (χ4n) is 4.40. The van der Waals surface area contributed by atoms with Crippen LogP contribution in [-0.2, 0) is 28.5 Å². The van der Waals surface area contributed by atoms with E-state index in [1.54, 1.807) is 18.2 Å². The van der Waals surface area contributed by atoms with Crippen LogP contribution in [0.4, 0.5) is 0 Å². The minimum atomic E-state index is -4.77. The Bertz CT molecular complexity index is 1140. The first-order valence-electron chi connectivity index (χ1n) is 9.63. The highest BCUT2D eigenvalue weighted by atomic mass is 31.2. The van der Waals surface area contributed by atoms with Gasteiger partial charge in [-0.25, -0.2) is 9.13 Å². The molecule has 0 aliphatic carbocycles. The third-order valence-corrected chi connectivity index (χ3v) is 6.50. The third-order valence-electron chi connectivity index (χ3n) is 5.63. The quantitative estimate of drug-likeness (QED) is 0.444. The van der Waals surface area contributed by atoms with Crippen molar-refractivity contribution < 1.29 is 47.2 Å². The molecule has 0 saturated heterocycles. The molecular weight excluding hydrogens is 464 g/mol. The first kappa shape index (κ1) is 23.1. The van der Waals surface area contributed by atoms with Gasteiger partial charge in [-0.3, -0.25) is 24.5 Å². The van der Waals surface area contributed by atoms with Gasteiger partial charge in [-0.15, -0.1) is 0 Å². The monoisotopic (exact) mass is 487 g/mol. The van der Waals surface area contributed by atoms with Crippen molar-refractivity contribution in [1.29, 1.82) is 0 Å². The van der Waals surface area contributed by atoms with E-state index in [2.05, 4.69) is 4.90 Å². The van der Waals surface area contributed by atoms with Gasteiger partial charge < -0.3 is 18.5 Å². The Morgan fingerprint density at radius 3 is 2.22 bits per heavy atom. The number of ether oxygens (including phenoxy) is 2. The van der Waals surface area contributed by atoms with Gasteiger partial charge in [-0.1, -0.05) is 6.07 Å². The van der Waals surface area contributed by atoms with Crippen molar-refractivity contribution >= 4 is 15.6 Å². The number of hydrogen-bond acceptors (Lipinski definition) is 7. The molecule has 0 unspecified atom stereocenters. The second kappa shape index (κ2) is 8.35. The molecule has 0 bridgehead atoms. The van der Waals surface area contributed by atoms with E-state index in [1.807, 2.05) is 0 Å². The number of methoxy groups -OCH3 is 2. The van der Waals surface area contributed by atoms with Crippen molar-refractivity contribution in [1.82, 2.24) is 4.90 Å². The summed E-state index contributed by atoms with van der Waals surface area (Å²) in [5, 5.41) is 0. The molecule has 2 aliphatic rings. The van der Waals surface area contributed by atoms with Crippen molar-refractivity contribution in [3.63, 3.8) is 0 Å². The van der Waals surface area contributed by atoms with Crippen molar-refractivity contribution in [2.24, 2.45) is 0 Å². The topological polar surface area (TPSA) is 155 Å². The average Bonchev–Trinajstić information content (AvgIpc) is 2.69. The SMILES string of the molecule is COc1cc2c(cc1OP(=O)(O)O)[C@@H]1Cc3ccc(OP(=O)(O)O)c(OC)c3CN1CC2. The molecule has 1 atom stereocenters. The number of fused-ring (bicyclic) bond motifs is 4. The first-order chi connectivity index (χ1) is 15.0. The van der Waals surface area contributed by atoms with Gasteiger partial charge in [0, 0.05) is 24.7 Å². The average molecular weight is 487 g/mol. The van der Waals surface area contributed by atoms with Gasteiger partial charge in [0.2, 0.25) is 0 Å². The maximum Gasteiger partial charge on any atom is 0.524 e. The molecule has 32 heavy (non-hydrogen) atoms. The lowest BCUT2D eigenvalue weighted by Gasteiger charge is -2.42. The Kier molecular flexibility index (Phi) is 6.02. The normalized spacial score (nSPS) is 18.2. The zero-order chi connectivity index (χ0) is 23.3. The lowest BCUT2D eigenvalue weighted by molar-refractivity contribution is 0.157. The minimum Gasteiger partial charge on any atom is -0.493 e. The Hall–Kier alpha value is -2.10. The Morgan fingerprint density at radius 2 is 1.59 bits per heavy atom. The summed E-state index contributed by atoms with van der Waals surface area (Å²) in [5.41, 5.74) is 3.57. The first-order valence-corrected chi connectivity index (χ1v) is 12.7. The zero-order valence-electron chi connectivity index (χ0n) is 17.3. The smallest absolute Gasteiger partial charge is 0.493 e. The van der Waals surface area contributed by atoms with Crippen molar-refractivity contribution in [3.05, 3.63) is 46.5 Å². The van der Waals surface area contributed by atoms with E-state index in [4.69, 9.17) is 18.5 Å². The maximum atomic E-state index is 11.4. The second-order valence-electron chi connectivity index (χ2n) is 7.54. The van der Waals surface area contributed by atoms with E-state index in [9.17, 15) is 28.7 Å². The number of rotatable bonds is 6. The molecule has 0 fully saturated rings. The van der Waals surface area contributed by atoms with Gasteiger partial charge in [0.05, 0.1) is 14.2 Å². The Morgan fingerprint density at radius 1 is 0.906 bits per heavy atom. The highest BCUT2D eigenvalue weighted by Crippen LogP contribution is 2.50. The van der Waals surface area contributed by atoms with E-state index in [0.717, 1.165) is 22.3 Å². The zero-order valence-corrected chi connectivity index (χ0v) is 19.1. The van der Waals surface area contributed by atoms with Crippen LogP contribution in [0.1, 0.15) is 28.3 Å². The Balaban J connectivity index is 1.73. The van der Waals surface area contributed by atoms with Crippen molar-refractivity contribution in [2.75, 3.05) is 20.8 Å². The van der Waals surface area contributed by atoms with Crippen molar-refractivity contribution in [2.45, 2.75) is 25.4 Å². The molecule has 0 amide bonds. The molecule has 0 saturated carbocycles. The van der Waals surface area contributed by atoms with E-state index in [1.165, 1.54) is 20.3 Å². The van der Waals surface area contributed by atoms with Crippen LogP contribution in [0.3, 0.4) is 0 Å². The summed E-state index contributed by atoms with van der Waals surface area (Å²) in [6.07, 6.45) is 1.23. The molecule has 2 heterocycles. The van der Waals surface area contributed by atoms with Crippen LogP contribution in [-0.4, -0.2) is 45.2 Å². The fourth-order valence-corrected chi connectivity index (χ4v) is 5.19. The van der Waals surface area contributed by atoms with Crippen LogP contribution in [0.25, 0.3) is 0 Å². The van der Waals surface area contributed by atoms with Gasteiger partial charge in [0.1, 0.15) is 0 Å². The van der Waals surface area contributed by atoms with Crippen LogP contribution < -0.4 is 18.5 Å². The number of benzene rings is 2. The lowest BCUT2D eigenvalue weighted by Crippen LogP contribution is -2.39.